The van der Waals surface area contributed by atoms with E-state index in [9.17, 15) is 14.4 Å². The van der Waals surface area contributed by atoms with Crippen molar-refractivity contribution in [2.24, 2.45) is 0 Å². The van der Waals surface area contributed by atoms with E-state index in [4.69, 9.17) is 0 Å². The Morgan fingerprint density at radius 3 is 2.41 bits per heavy atom. The molecule has 32 heavy (non-hydrogen) atoms. The fourth-order valence-corrected chi connectivity index (χ4v) is 3.96. The van der Waals surface area contributed by atoms with Gasteiger partial charge in [-0.25, -0.2) is 0 Å². The molecule has 1 aliphatic heterocycles. The van der Waals surface area contributed by atoms with Gasteiger partial charge in [0.2, 0.25) is 17.7 Å². The first kappa shape index (κ1) is 23.5. The first-order chi connectivity index (χ1) is 15.4. The van der Waals surface area contributed by atoms with Crippen molar-refractivity contribution in [3.63, 3.8) is 0 Å². The van der Waals surface area contributed by atoms with Gasteiger partial charge < -0.3 is 16.0 Å². The molecule has 0 saturated carbocycles. The summed E-state index contributed by atoms with van der Waals surface area (Å²) in [6, 6.07) is 16.9. The molecule has 2 aromatic carbocycles. The molecular formula is C25H32N4O3. The lowest BCUT2D eigenvalue weighted by atomic mass is 10.1. The molecular weight excluding hydrogens is 404 g/mol. The van der Waals surface area contributed by atoms with Crippen LogP contribution in [0.1, 0.15) is 38.2 Å². The average molecular weight is 437 g/mol. The number of hydrogen-bond acceptors (Lipinski definition) is 4. The van der Waals surface area contributed by atoms with E-state index in [1.807, 2.05) is 43.1 Å². The second kappa shape index (κ2) is 11.4. The molecule has 2 atom stereocenters. The first-order valence-electron chi connectivity index (χ1n) is 11.2. The maximum absolute atomic E-state index is 12.8. The summed E-state index contributed by atoms with van der Waals surface area (Å²) in [5.41, 5.74) is 2.50. The van der Waals surface area contributed by atoms with E-state index < -0.39 is 0 Å². The molecule has 0 aliphatic carbocycles. The third-order valence-corrected chi connectivity index (χ3v) is 5.66. The molecule has 1 fully saturated rings. The van der Waals surface area contributed by atoms with Gasteiger partial charge in [0.15, 0.2) is 0 Å². The third-order valence-electron chi connectivity index (χ3n) is 5.66. The largest absolute Gasteiger partial charge is 0.352 e. The van der Waals surface area contributed by atoms with Gasteiger partial charge in [0.25, 0.3) is 0 Å². The van der Waals surface area contributed by atoms with E-state index in [2.05, 4.69) is 28.1 Å². The zero-order valence-corrected chi connectivity index (χ0v) is 18.8. The molecule has 1 saturated heterocycles. The van der Waals surface area contributed by atoms with Crippen LogP contribution >= 0.6 is 0 Å². The molecule has 0 radical (unpaired) electrons. The van der Waals surface area contributed by atoms with E-state index in [1.54, 1.807) is 18.2 Å². The minimum absolute atomic E-state index is 0.00308. The summed E-state index contributed by atoms with van der Waals surface area (Å²) in [6.07, 6.45) is 3.08. The Labute approximate surface area is 189 Å². The summed E-state index contributed by atoms with van der Waals surface area (Å²) >= 11 is 0. The Balaban J connectivity index is 1.48. The summed E-state index contributed by atoms with van der Waals surface area (Å²) in [5, 5.41) is 8.80. The molecule has 7 nitrogen and oxygen atoms in total. The summed E-state index contributed by atoms with van der Waals surface area (Å²) in [6.45, 7) is 2.45. The number of carbonyl (C=O) groups is 3. The van der Waals surface area contributed by atoms with Crippen molar-refractivity contribution in [3.05, 3.63) is 60.2 Å². The van der Waals surface area contributed by atoms with Crippen molar-refractivity contribution >= 4 is 29.1 Å². The number of aryl methyl sites for hydroxylation is 1. The van der Waals surface area contributed by atoms with Gasteiger partial charge in [-0.2, -0.15) is 0 Å². The Morgan fingerprint density at radius 1 is 0.969 bits per heavy atom. The summed E-state index contributed by atoms with van der Waals surface area (Å²) in [5.74, 6) is -0.168. The van der Waals surface area contributed by atoms with Crippen molar-refractivity contribution in [2.75, 3.05) is 24.2 Å². The maximum Gasteiger partial charge on any atom is 0.241 e. The number of nitrogens with one attached hydrogen (secondary N) is 3. The van der Waals surface area contributed by atoms with Crippen molar-refractivity contribution in [1.82, 2.24) is 10.2 Å². The minimum Gasteiger partial charge on any atom is -0.352 e. The van der Waals surface area contributed by atoms with Crippen LogP contribution in [-0.4, -0.2) is 48.3 Å². The lowest BCUT2D eigenvalue weighted by Crippen LogP contribution is -2.37. The SMILES string of the molecule is CCC(=O)N[C@@H]1C[C@@H](C(=O)Nc2cccc(NC(=O)CCCc3ccccc3)c2)N(C)C1. The maximum atomic E-state index is 12.8. The Kier molecular flexibility index (Phi) is 8.39. The molecule has 1 heterocycles. The number of benzene rings is 2. The second-order valence-corrected chi connectivity index (χ2v) is 8.27. The predicted octanol–water partition coefficient (Wildman–Crippen LogP) is 3.19. The number of likely N-dealkylation sites (N-methyl/N-ethyl adjacent to an activating group) is 1. The van der Waals surface area contributed by atoms with Crippen LogP contribution in [0.25, 0.3) is 0 Å². The molecule has 1 aliphatic rings. The molecule has 3 amide bonds. The molecule has 7 heteroatoms. The normalized spacial score (nSPS) is 18.2. The molecule has 170 valence electrons. The van der Waals surface area contributed by atoms with Gasteiger partial charge in [0.05, 0.1) is 6.04 Å². The minimum atomic E-state index is -0.312. The number of hydrogen-bond donors (Lipinski definition) is 3. The van der Waals surface area contributed by atoms with E-state index in [1.165, 1.54) is 5.56 Å². The molecule has 2 aromatic rings. The fraction of sp³-hybridized carbons (Fsp3) is 0.400. The molecule has 3 N–H and O–H groups in total. The fourth-order valence-electron chi connectivity index (χ4n) is 3.96. The molecule has 0 unspecified atom stereocenters. The predicted molar refractivity (Wildman–Crippen MR) is 126 cm³/mol. The summed E-state index contributed by atoms with van der Waals surface area (Å²) in [4.78, 5) is 38.7. The second-order valence-electron chi connectivity index (χ2n) is 8.27. The smallest absolute Gasteiger partial charge is 0.241 e. The van der Waals surface area contributed by atoms with Gasteiger partial charge in [0.1, 0.15) is 0 Å². The lowest BCUT2D eigenvalue weighted by Gasteiger charge is -2.18. The van der Waals surface area contributed by atoms with E-state index in [-0.39, 0.29) is 29.8 Å². The van der Waals surface area contributed by atoms with Gasteiger partial charge in [-0.3, -0.25) is 19.3 Å². The van der Waals surface area contributed by atoms with Crippen LogP contribution in [0, 0.1) is 0 Å². The van der Waals surface area contributed by atoms with Gasteiger partial charge in [-0.05, 0) is 50.1 Å². The number of carbonyl (C=O) groups excluding carboxylic acids is 3. The third kappa shape index (κ3) is 6.92. The molecule has 0 spiro atoms. The first-order valence-corrected chi connectivity index (χ1v) is 11.2. The van der Waals surface area contributed by atoms with E-state index in [0.717, 1.165) is 12.8 Å². The number of likely N-dealkylation sites (tertiary alicyclic amines) is 1. The Bertz CT molecular complexity index is 932. The zero-order valence-electron chi connectivity index (χ0n) is 18.8. The van der Waals surface area contributed by atoms with E-state index >= 15 is 0 Å². The highest BCUT2D eigenvalue weighted by molar-refractivity contribution is 5.96. The highest BCUT2D eigenvalue weighted by atomic mass is 16.2. The lowest BCUT2D eigenvalue weighted by molar-refractivity contribution is -0.122. The van der Waals surface area contributed by atoms with Crippen LogP contribution in [0.5, 0.6) is 0 Å². The van der Waals surface area contributed by atoms with Crippen LogP contribution in [0.3, 0.4) is 0 Å². The van der Waals surface area contributed by atoms with Crippen molar-refractivity contribution in [2.45, 2.75) is 51.1 Å². The topological polar surface area (TPSA) is 90.5 Å². The van der Waals surface area contributed by atoms with Crippen LogP contribution in [0.2, 0.25) is 0 Å². The quantitative estimate of drug-likeness (QED) is 0.563. The van der Waals surface area contributed by atoms with Crippen LogP contribution in [0.4, 0.5) is 11.4 Å². The zero-order chi connectivity index (χ0) is 22.9. The Morgan fingerprint density at radius 2 is 1.69 bits per heavy atom. The van der Waals surface area contributed by atoms with Crippen LogP contribution in [-0.2, 0) is 20.8 Å². The number of nitrogens with zero attached hydrogens (tertiary/aromatic N) is 1. The average Bonchev–Trinajstić information content (AvgIpc) is 3.14. The summed E-state index contributed by atoms with van der Waals surface area (Å²) in [7, 11) is 1.88. The monoisotopic (exact) mass is 436 g/mol. The van der Waals surface area contributed by atoms with Gasteiger partial charge >= 0.3 is 0 Å². The highest BCUT2D eigenvalue weighted by Crippen LogP contribution is 2.20. The van der Waals surface area contributed by atoms with Crippen molar-refractivity contribution in [3.8, 4) is 0 Å². The highest BCUT2D eigenvalue weighted by Gasteiger charge is 2.35. The van der Waals surface area contributed by atoms with Gasteiger partial charge in [0, 0.05) is 36.8 Å². The van der Waals surface area contributed by atoms with Crippen LogP contribution < -0.4 is 16.0 Å². The van der Waals surface area contributed by atoms with E-state index in [0.29, 0.717) is 37.2 Å². The number of amides is 3. The van der Waals surface area contributed by atoms with Crippen molar-refractivity contribution < 1.29 is 14.4 Å². The van der Waals surface area contributed by atoms with Crippen molar-refractivity contribution in [1.29, 1.82) is 0 Å². The Hall–Kier alpha value is -3.19. The standard InChI is InChI=1S/C25H32N4O3/c1-3-23(30)27-21-16-22(29(2)17-21)25(32)28-20-13-8-12-19(15-20)26-24(31)14-7-11-18-9-5-4-6-10-18/h4-6,8-10,12-13,15,21-22H,3,7,11,14,16-17H2,1-2H3,(H,26,31)(H,27,30)(H,28,32)/t21-,22+/m1/s1. The number of rotatable bonds is 9. The van der Waals surface area contributed by atoms with Gasteiger partial charge in [-0.1, -0.05) is 43.3 Å². The molecule has 0 bridgehead atoms. The molecule has 3 rings (SSSR count). The number of anilines is 2. The van der Waals surface area contributed by atoms with Gasteiger partial charge in [-0.15, -0.1) is 0 Å². The summed E-state index contributed by atoms with van der Waals surface area (Å²) < 4.78 is 0. The van der Waals surface area contributed by atoms with Crippen LogP contribution in [0.15, 0.2) is 54.6 Å². The molecule has 0 aromatic heterocycles.